The van der Waals surface area contributed by atoms with Gasteiger partial charge < -0.3 is 15.8 Å². The maximum Gasteiger partial charge on any atom is 0.249 e. The lowest BCUT2D eigenvalue weighted by atomic mass is 10.0. The molecule has 1 heterocycles. The van der Waals surface area contributed by atoms with Gasteiger partial charge in [0.05, 0.1) is 0 Å². The fourth-order valence-corrected chi connectivity index (χ4v) is 2.57. The molecule has 0 spiro atoms. The van der Waals surface area contributed by atoms with Gasteiger partial charge in [0.25, 0.3) is 0 Å². The van der Waals surface area contributed by atoms with Crippen molar-refractivity contribution in [2.45, 2.75) is 44.2 Å². The first-order valence-corrected chi connectivity index (χ1v) is 5.93. The smallest absolute Gasteiger partial charge is 0.249 e. The van der Waals surface area contributed by atoms with Crippen molar-refractivity contribution in [3.05, 3.63) is 0 Å². The van der Waals surface area contributed by atoms with Gasteiger partial charge in [-0.2, -0.15) is 0 Å². The highest BCUT2D eigenvalue weighted by molar-refractivity contribution is 5.85. The predicted molar refractivity (Wildman–Crippen MR) is 64.5 cm³/mol. The number of carbonyl (C=O) groups is 1. The topological polar surface area (TPSA) is 64.3 Å². The average molecular weight is 249 g/mol. The molecule has 1 saturated heterocycles. The van der Waals surface area contributed by atoms with Gasteiger partial charge in [-0.05, 0) is 38.1 Å². The van der Waals surface area contributed by atoms with Crippen LogP contribution >= 0.6 is 12.4 Å². The minimum Gasteiger partial charge on any atom is -0.368 e. The molecule has 0 aromatic rings. The molecule has 1 amide bonds. The summed E-state index contributed by atoms with van der Waals surface area (Å²) in [6, 6.07) is 0.284. The maximum absolute atomic E-state index is 11.8. The first-order valence-electron chi connectivity index (χ1n) is 5.93. The summed E-state index contributed by atoms with van der Waals surface area (Å²) in [5.41, 5.74) is 5.67. The van der Waals surface area contributed by atoms with Crippen molar-refractivity contribution in [2.24, 2.45) is 11.7 Å². The third-order valence-electron chi connectivity index (χ3n) is 3.51. The Hall–Kier alpha value is -0.320. The highest BCUT2D eigenvalue weighted by Crippen LogP contribution is 2.25. The fourth-order valence-electron chi connectivity index (χ4n) is 2.57. The quantitative estimate of drug-likeness (QED) is 0.778. The number of hydrogen-bond acceptors (Lipinski definition) is 3. The molecule has 2 unspecified atom stereocenters. The fraction of sp³-hybridized carbons (Fsp3) is 0.909. The van der Waals surface area contributed by atoms with E-state index in [2.05, 4.69) is 5.32 Å². The molecule has 0 bridgehead atoms. The molecule has 3 N–H and O–H groups in total. The molecule has 5 heteroatoms. The molecule has 0 aromatic carbocycles. The summed E-state index contributed by atoms with van der Waals surface area (Å²) in [6.45, 7) is 1.40. The maximum atomic E-state index is 11.8. The Morgan fingerprint density at radius 2 is 2.12 bits per heavy atom. The van der Waals surface area contributed by atoms with Crippen LogP contribution in [0.4, 0.5) is 0 Å². The Labute approximate surface area is 103 Å². The molecule has 2 rings (SSSR count). The molecule has 4 nitrogen and oxygen atoms in total. The summed E-state index contributed by atoms with van der Waals surface area (Å²) in [5.74, 6) is 0.535. The van der Waals surface area contributed by atoms with Gasteiger partial charge in [-0.3, -0.25) is 4.79 Å². The third-order valence-corrected chi connectivity index (χ3v) is 3.51. The van der Waals surface area contributed by atoms with Crippen molar-refractivity contribution in [2.75, 3.05) is 13.2 Å². The Morgan fingerprint density at radius 3 is 2.75 bits per heavy atom. The zero-order chi connectivity index (χ0) is 10.7. The van der Waals surface area contributed by atoms with Gasteiger partial charge in [-0.15, -0.1) is 12.4 Å². The zero-order valence-corrected chi connectivity index (χ0v) is 10.3. The van der Waals surface area contributed by atoms with Gasteiger partial charge in [0.1, 0.15) is 6.10 Å². The van der Waals surface area contributed by atoms with Crippen LogP contribution < -0.4 is 11.1 Å². The first kappa shape index (κ1) is 13.7. The highest BCUT2D eigenvalue weighted by Gasteiger charge is 2.31. The minimum absolute atomic E-state index is 0. The highest BCUT2D eigenvalue weighted by atomic mass is 35.5. The Bertz CT molecular complexity index is 232. The van der Waals surface area contributed by atoms with Crippen LogP contribution in [0.2, 0.25) is 0 Å². The molecule has 94 valence electrons. The van der Waals surface area contributed by atoms with Crippen LogP contribution in [0.3, 0.4) is 0 Å². The van der Waals surface area contributed by atoms with Crippen LogP contribution in [0.15, 0.2) is 0 Å². The lowest BCUT2D eigenvalue weighted by molar-refractivity contribution is -0.131. The van der Waals surface area contributed by atoms with Gasteiger partial charge in [0, 0.05) is 12.6 Å². The Kier molecular flexibility index (Phi) is 5.52. The number of hydrogen-bond donors (Lipinski definition) is 2. The molecule has 0 radical (unpaired) electrons. The van der Waals surface area contributed by atoms with Crippen LogP contribution in [0.5, 0.6) is 0 Å². The summed E-state index contributed by atoms with van der Waals surface area (Å²) in [5, 5.41) is 3.08. The van der Waals surface area contributed by atoms with Gasteiger partial charge in [-0.25, -0.2) is 0 Å². The van der Waals surface area contributed by atoms with Crippen molar-refractivity contribution in [3.63, 3.8) is 0 Å². The van der Waals surface area contributed by atoms with E-state index in [1.807, 2.05) is 0 Å². The second kappa shape index (κ2) is 6.42. The second-order valence-corrected chi connectivity index (χ2v) is 4.54. The molecule has 1 aliphatic heterocycles. The first-order chi connectivity index (χ1) is 7.31. The number of rotatable bonds is 3. The predicted octanol–water partition coefficient (Wildman–Crippen LogP) is 0.831. The zero-order valence-electron chi connectivity index (χ0n) is 9.48. The van der Waals surface area contributed by atoms with E-state index in [-0.39, 0.29) is 30.5 Å². The van der Waals surface area contributed by atoms with Gasteiger partial charge in [0.2, 0.25) is 5.91 Å². The Balaban J connectivity index is 0.00000128. The molecule has 0 aromatic heterocycles. The number of halogens is 1. The van der Waals surface area contributed by atoms with E-state index in [1.54, 1.807) is 0 Å². The van der Waals surface area contributed by atoms with Crippen molar-refractivity contribution in [1.29, 1.82) is 0 Å². The second-order valence-electron chi connectivity index (χ2n) is 4.54. The van der Waals surface area contributed by atoms with Crippen molar-refractivity contribution < 1.29 is 9.53 Å². The SMILES string of the molecule is Cl.NCC1CCCC1NC(=O)[C@H]1CCCO1. The van der Waals surface area contributed by atoms with Crippen LogP contribution in [0, 0.1) is 5.92 Å². The average Bonchev–Trinajstić information content (AvgIpc) is 2.87. The molecule has 3 atom stereocenters. The van der Waals surface area contributed by atoms with E-state index in [9.17, 15) is 4.79 Å². The molecule has 2 fully saturated rings. The van der Waals surface area contributed by atoms with Gasteiger partial charge >= 0.3 is 0 Å². The molecular weight excluding hydrogens is 228 g/mol. The van der Waals surface area contributed by atoms with E-state index in [1.165, 1.54) is 6.42 Å². The van der Waals surface area contributed by atoms with E-state index >= 15 is 0 Å². The van der Waals surface area contributed by atoms with E-state index < -0.39 is 0 Å². The number of nitrogens with one attached hydrogen (secondary N) is 1. The lowest BCUT2D eigenvalue weighted by Gasteiger charge is -2.21. The van der Waals surface area contributed by atoms with Gasteiger partial charge in [-0.1, -0.05) is 6.42 Å². The van der Waals surface area contributed by atoms with Crippen LogP contribution in [-0.2, 0) is 9.53 Å². The lowest BCUT2D eigenvalue weighted by Crippen LogP contribution is -2.44. The molecule has 2 aliphatic rings. The number of carbonyl (C=O) groups excluding carboxylic acids is 1. The minimum atomic E-state index is -0.205. The summed E-state index contributed by atoms with van der Waals surface area (Å²) >= 11 is 0. The van der Waals surface area contributed by atoms with Crippen molar-refractivity contribution >= 4 is 18.3 Å². The van der Waals surface area contributed by atoms with E-state index in [0.717, 1.165) is 32.3 Å². The standard InChI is InChI=1S/C11H20N2O2.ClH/c12-7-8-3-1-4-9(8)13-11(14)10-5-2-6-15-10;/h8-10H,1-7,12H2,(H,13,14);1H/t8?,9?,10-;/m1./s1. The number of ether oxygens (including phenoxy) is 1. The van der Waals surface area contributed by atoms with Crippen LogP contribution in [-0.4, -0.2) is 31.2 Å². The molecular formula is C11H21ClN2O2. The van der Waals surface area contributed by atoms with E-state index in [0.29, 0.717) is 12.5 Å². The molecule has 1 saturated carbocycles. The number of amides is 1. The summed E-state index contributed by atoms with van der Waals surface area (Å²) in [7, 11) is 0. The Morgan fingerprint density at radius 1 is 1.31 bits per heavy atom. The molecule has 1 aliphatic carbocycles. The normalized spacial score (nSPS) is 33.4. The van der Waals surface area contributed by atoms with Crippen LogP contribution in [0.1, 0.15) is 32.1 Å². The summed E-state index contributed by atoms with van der Waals surface area (Å²) < 4.78 is 5.35. The van der Waals surface area contributed by atoms with E-state index in [4.69, 9.17) is 10.5 Å². The number of nitrogens with two attached hydrogens (primary N) is 1. The molecule has 16 heavy (non-hydrogen) atoms. The summed E-state index contributed by atoms with van der Waals surface area (Å²) in [6.07, 6.45) is 5.06. The van der Waals surface area contributed by atoms with Crippen LogP contribution in [0.25, 0.3) is 0 Å². The van der Waals surface area contributed by atoms with Crippen molar-refractivity contribution in [1.82, 2.24) is 5.32 Å². The largest absolute Gasteiger partial charge is 0.368 e. The monoisotopic (exact) mass is 248 g/mol. The van der Waals surface area contributed by atoms with Crippen molar-refractivity contribution in [3.8, 4) is 0 Å². The summed E-state index contributed by atoms with van der Waals surface area (Å²) in [4.78, 5) is 11.8. The third kappa shape index (κ3) is 3.09. The van der Waals surface area contributed by atoms with Gasteiger partial charge in [0.15, 0.2) is 0 Å².